The number of nitrogens with two attached hydrogens (primary N) is 2. The van der Waals surface area contributed by atoms with E-state index in [1.807, 2.05) is 6.07 Å². The van der Waals surface area contributed by atoms with Gasteiger partial charge in [0, 0.05) is 37.3 Å². The van der Waals surface area contributed by atoms with Gasteiger partial charge in [-0.15, -0.1) is 0 Å². The summed E-state index contributed by atoms with van der Waals surface area (Å²) in [7, 11) is -1.19. The summed E-state index contributed by atoms with van der Waals surface area (Å²) in [5.74, 6) is -0.832. The van der Waals surface area contributed by atoms with Crippen LogP contribution in [0.15, 0.2) is 30.3 Å². The molecule has 0 aromatic heterocycles. The Balaban J connectivity index is 1.73. The molecule has 152 valence electrons. The molecule has 0 amide bonds. The number of ketones is 2. The second-order valence-electron chi connectivity index (χ2n) is 7.37. The molecule has 0 radical (unpaired) electrons. The minimum atomic E-state index is -1.19. The van der Waals surface area contributed by atoms with E-state index in [2.05, 4.69) is 0 Å². The molecule has 0 saturated carbocycles. The van der Waals surface area contributed by atoms with Crippen LogP contribution in [-0.2, 0) is 30.7 Å². The molecule has 3 rings (SSSR count). The van der Waals surface area contributed by atoms with Gasteiger partial charge in [-0.3, -0.25) is 9.59 Å². The molecule has 1 aliphatic heterocycles. The summed E-state index contributed by atoms with van der Waals surface area (Å²) in [4.78, 5) is 24.3. The fourth-order valence-electron chi connectivity index (χ4n) is 3.80. The number of fused-ring (bicyclic) bond motifs is 1. The van der Waals surface area contributed by atoms with Crippen LogP contribution in [0, 0.1) is 5.82 Å². The Morgan fingerprint density at radius 3 is 2.69 bits per heavy atom. The van der Waals surface area contributed by atoms with Crippen molar-refractivity contribution in [2.45, 2.75) is 45.1 Å². The lowest BCUT2D eigenvalue weighted by molar-refractivity contribution is -0.118. The van der Waals surface area contributed by atoms with Crippen molar-refractivity contribution in [1.82, 2.24) is 0 Å². The highest BCUT2D eigenvalue weighted by Gasteiger charge is 2.37. The number of carbonyl (C=O) groups excluding carboxylic acids is 2. The van der Waals surface area contributed by atoms with Crippen LogP contribution >= 0.6 is 0 Å². The maximum absolute atomic E-state index is 14.2. The zero-order valence-corrected chi connectivity index (χ0v) is 16.3. The van der Waals surface area contributed by atoms with Gasteiger partial charge in [-0.25, -0.2) is 4.39 Å². The zero-order chi connectivity index (χ0) is 21.1. The second-order valence-corrected chi connectivity index (χ2v) is 7.37. The van der Waals surface area contributed by atoms with E-state index in [0.717, 1.165) is 5.56 Å². The number of Topliss-reactive ketones (excluding diaryl/α,β-unsaturated/α-hetero) is 2. The first-order valence-electron chi connectivity index (χ1n) is 9.53. The number of rotatable bonds is 7. The van der Waals surface area contributed by atoms with E-state index < -0.39 is 18.8 Å². The summed E-state index contributed by atoms with van der Waals surface area (Å²) in [6.45, 7) is 1.61. The average molecular weight is 398 g/mol. The SMILES string of the molecule is CC(=O)c1cccc2c1OB(O)[C@@H](CC(=O)Cc1cc(F)c(CN)c(CN)c1)C2. The third-order valence-corrected chi connectivity index (χ3v) is 5.26. The molecule has 8 heteroatoms. The first-order chi connectivity index (χ1) is 13.8. The number of benzene rings is 2. The Morgan fingerprint density at radius 1 is 1.28 bits per heavy atom. The highest BCUT2D eigenvalue weighted by molar-refractivity contribution is 6.47. The molecule has 2 aromatic rings. The van der Waals surface area contributed by atoms with Crippen LogP contribution in [-0.4, -0.2) is 23.7 Å². The quantitative estimate of drug-likeness (QED) is 0.485. The Labute approximate surface area is 169 Å². The Morgan fingerprint density at radius 2 is 2.03 bits per heavy atom. The standard InChI is InChI=1S/C21H24BFN2O4/c1-12(26)18-4-2-3-14-8-16(22(28)29-21(14)18)9-17(27)6-13-5-15(10-24)19(11-25)20(23)7-13/h2-5,7,16,28H,6,8-11,24-25H2,1H3/t16-/m1/s1. The van der Waals surface area contributed by atoms with Crippen molar-refractivity contribution in [3.05, 3.63) is 64.0 Å². The molecule has 1 aliphatic rings. The Kier molecular flexibility index (Phi) is 6.47. The van der Waals surface area contributed by atoms with Gasteiger partial charge in [0.05, 0.1) is 5.56 Å². The van der Waals surface area contributed by atoms with Gasteiger partial charge < -0.3 is 21.1 Å². The van der Waals surface area contributed by atoms with Crippen LogP contribution in [0.1, 0.15) is 46.0 Å². The van der Waals surface area contributed by atoms with Gasteiger partial charge in [0.2, 0.25) is 0 Å². The lowest BCUT2D eigenvalue weighted by Crippen LogP contribution is -2.36. The Hall–Kier alpha value is -2.55. The highest BCUT2D eigenvalue weighted by Crippen LogP contribution is 2.36. The average Bonchev–Trinajstić information content (AvgIpc) is 2.67. The summed E-state index contributed by atoms with van der Waals surface area (Å²) >= 11 is 0. The van der Waals surface area contributed by atoms with Gasteiger partial charge in [-0.2, -0.15) is 0 Å². The lowest BCUT2D eigenvalue weighted by atomic mass is 9.64. The summed E-state index contributed by atoms with van der Waals surface area (Å²) in [6.07, 6.45) is 0.513. The highest BCUT2D eigenvalue weighted by atomic mass is 19.1. The number of para-hydroxylation sites is 1. The maximum Gasteiger partial charge on any atom is 0.526 e. The van der Waals surface area contributed by atoms with E-state index in [1.54, 1.807) is 18.2 Å². The fourth-order valence-corrected chi connectivity index (χ4v) is 3.80. The minimum absolute atomic E-state index is 0.0261. The molecule has 0 saturated heterocycles. The lowest BCUT2D eigenvalue weighted by Gasteiger charge is -2.28. The summed E-state index contributed by atoms with van der Waals surface area (Å²) < 4.78 is 19.8. The van der Waals surface area contributed by atoms with Crippen LogP contribution in [0.25, 0.3) is 0 Å². The summed E-state index contributed by atoms with van der Waals surface area (Å²) in [6, 6.07) is 8.23. The maximum atomic E-state index is 14.2. The number of hydrogen-bond donors (Lipinski definition) is 3. The van der Waals surface area contributed by atoms with Gasteiger partial charge in [0.1, 0.15) is 17.3 Å². The molecule has 5 N–H and O–H groups in total. The van der Waals surface area contributed by atoms with Crippen LogP contribution < -0.4 is 16.1 Å². The van der Waals surface area contributed by atoms with Crippen molar-refractivity contribution in [2.24, 2.45) is 11.5 Å². The van der Waals surface area contributed by atoms with E-state index in [1.165, 1.54) is 13.0 Å². The predicted molar refractivity (Wildman–Crippen MR) is 108 cm³/mol. The summed E-state index contributed by atoms with van der Waals surface area (Å²) in [5.41, 5.74) is 13.9. The summed E-state index contributed by atoms with van der Waals surface area (Å²) in [5, 5.41) is 10.4. The van der Waals surface area contributed by atoms with E-state index in [-0.39, 0.29) is 37.5 Å². The third kappa shape index (κ3) is 4.55. The van der Waals surface area contributed by atoms with Gasteiger partial charge in [0.15, 0.2) is 5.78 Å². The molecule has 29 heavy (non-hydrogen) atoms. The minimum Gasteiger partial charge on any atom is -0.535 e. The molecule has 0 spiro atoms. The predicted octanol–water partition coefficient (Wildman–Crippen LogP) is 1.93. The van der Waals surface area contributed by atoms with Crippen LogP contribution in [0.4, 0.5) is 4.39 Å². The molecule has 0 fully saturated rings. The molecule has 1 heterocycles. The van der Waals surface area contributed by atoms with E-state index in [0.29, 0.717) is 34.4 Å². The monoisotopic (exact) mass is 398 g/mol. The molecular weight excluding hydrogens is 374 g/mol. The van der Waals surface area contributed by atoms with Gasteiger partial charge in [-0.1, -0.05) is 18.2 Å². The second kappa shape index (κ2) is 8.86. The molecule has 6 nitrogen and oxygen atoms in total. The largest absolute Gasteiger partial charge is 0.535 e. The molecule has 0 bridgehead atoms. The van der Waals surface area contributed by atoms with E-state index >= 15 is 0 Å². The number of carbonyl (C=O) groups is 2. The van der Waals surface area contributed by atoms with Crippen molar-refractivity contribution in [1.29, 1.82) is 0 Å². The van der Waals surface area contributed by atoms with Crippen molar-refractivity contribution in [3.8, 4) is 5.75 Å². The van der Waals surface area contributed by atoms with Crippen LogP contribution in [0.2, 0.25) is 5.82 Å². The third-order valence-electron chi connectivity index (χ3n) is 5.26. The van der Waals surface area contributed by atoms with Crippen molar-refractivity contribution in [3.63, 3.8) is 0 Å². The van der Waals surface area contributed by atoms with Crippen LogP contribution in [0.3, 0.4) is 0 Å². The van der Waals surface area contributed by atoms with Gasteiger partial charge in [0.25, 0.3) is 0 Å². The first kappa shape index (κ1) is 21.2. The number of hydrogen-bond acceptors (Lipinski definition) is 6. The van der Waals surface area contributed by atoms with E-state index in [4.69, 9.17) is 16.1 Å². The topological polar surface area (TPSA) is 116 Å². The first-order valence-corrected chi connectivity index (χ1v) is 9.53. The molecular formula is C21H24BFN2O4. The smallest absolute Gasteiger partial charge is 0.526 e. The fraction of sp³-hybridized carbons (Fsp3) is 0.333. The van der Waals surface area contributed by atoms with E-state index in [9.17, 15) is 19.0 Å². The van der Waals surface area contributed by atoms with Crippen molar-refractivity contribution >= 4 is 18.7 Å². The van der Waals surface area contributed by atoms with Gasteiger partial charge in [-0.05, 0) is 42.2 Å². The molecule has 2 aromatic carbocycles. The normalized spacial score (nSPS) is 15.6. The molecule has 0 aliphatic carbocycles. The van der Waals surface area contributed by atoms with Crippen molar-refractivity contribution in [2.75, 3.05) is 0 Å². The molecule has 0 unspecified atom stereocenters. The van der Waals surface area contributed by atoms with Crippen molar-refractivity contribution < 1.29 is 23.7 Å². The van der Waals surface area contributed by atoms with Crippen LogP contribution in [0.5, 0.6) is 5.75 Å². The zero-order valence-electron chi connectivity index (χ0n) is 16.3. The molecule has 1 atom stereocenters. The number of halogens is 1. The Bertz CT molecular complexity index is 951. The van der Waals surface area contributed by atoms with Gasteiger partial charge >= 0.3 is 7.12 Å².